The Bertz CT molecular complexity index is 1080. The lowest BCUT2D eigenvalue weighted by atomic mass is 10.1. The summed E-state index contributed by atoms with van der Waals surface area (Å²) in [7, 11) is 0. The molecule has 4 heterocycles. The lowest BCUT2D eigenvalue weighted by molar-refractivity contribution is 0.143. The standard InChI is InChI=1S/C21H21N3OS2/c1-14-3-4-19-17(9-14)10-23(12-20(25-19)16-5-7-26-13-16)11-18-15(2)22-21-24(18)6-8-27-21/h3-9,13,20H,10-12H2,1-2H3. The van der Waals surface area contributed by atoms with Gasteiger partial charge in [0.1, 0.15) is 11.9 Å². The molecular weight excluding hydrogens is 374 g/mol. The van der Waals surface area contributed by atoms with Crippen LogP contribution in [0.3, 0.4) is 0 Å². The van der Waals surface area contributed by atoms with Gasteiger partial charge in [0, 0.05) is 42.3 Å². The van der Waals surface area contributed by atoms with Gasteiger partial charge in [0.2, 0.25) is 0 Å². The van der Waals surface area contributed by atoms with Gasteiger partial charge in [-0.05, 0) is 36.7 Å². The summed E-state index contributed by atoms with van der Waals surface area (Å²) < 4.78 is 8.68. The number of ether oxygens (including phenoxy) is 1. The van der Waals surface area contributed by atoms with E-state index >= 15 is 0 Å². The average Bonchev–Trinajstić information content (AvgIpc) is 3.34. The molecule has 0 amide bonds. The molecule has 0 radical (unpaired) electrons. The van der Waals surface area contributed by atoms with E-state index in [0.717, 1.165) is 36.0 Å². The number of benzene rings is 1. The van der Waals surface area contributed by atoms with Gasteiger partial charge >= 0.3 is 0 Å². The van der Waals surface area contributed by atoms with E-state index in [1.54, 1.807) is 22.7 Å². The van der Waals surface area contributed by atoms with Crippen molar-refractivity contribution in [3.8, 4) is 5.75 Å². The highest BCUT2D eigenvalue weighted by molar-refractivity contribution is 7.15. The van der Waals surface area contributed by atoms with Crippen LogP contribution in [0.2, 0.25) is 0 Å². The van der Waals surface area contributed by atoms with Crippen molar-refractivity contribution in [3.05, 3.63) is 74.7 Å². The highest BCUT2D eigenvalue weighted by Crippen LogP contribution is 2.33. The fraction of sp³-hybridized carbons (Fsp3) is 0.286. The molecular formula is C21H21N3OS2. The van der Waals surface area contributed by atoms with E-state index in [1.807, 2.05) is 0 Å². The minimum Gasteiger partial charge on any atom is -0.484 e. The second-order valence-electron chi connectivity index (χ2n) is 7.14. The predicted octanol–water partition coefficient (Wildman–Crippen LogP) is 5.21. The molecule has 0 bridgehead atoms. The highest BCUT2D eigenvalue weighted by atomic mass is 32.1. The first kappa shape index (κ1) is 17.0. The van der Waals surface area contributed by atoms with Gasteiger partial charge in [-0.25, -0.2) is 4.98 Å². The van der Waals surface area contributed by atoms with Crippen molar-refractivity contribution in [1.82, 2.24) is 14.3 Å². The Morgan fingerprint density at radius 1 is 1.22 bits per heavy atom. The number of imidazole rings is 1. The van der Waals surface area contributed by atoms with E-state index in [-0.39, 0.29) is 6.10 Å². The Hall–Kier alpha value is -2.15. The molecule has 1 aromatic carbocycles. The van der Waals surface area contributed by atoms with Gasteiger partial charge in [-0.1, -0.05) is 17.7 Å². The summed E-state index contributed by atoms with van der Waals surface area (Å²) in [6.45, 7) is 6.86. The van der Waals surface area contributed by atoms with Crippen LogP contribution >= 0.6 is 22.7 Å². The van der Waals surface area contributed by atoms with Gasteiger partial charge in [-0.15, -0.1) is 11.3 Å². The monoisotopic (exact) mass is 395 g/mol. The minimum atomic E-state index is 0.0476. The van der Waals surface area contributed by atoms with Crippen LogP contribution in [0.5, 0.6) is 5.75 Å². The normalized spacial score (nSPS) is 17.6. The molecule has 138 valence electrons. The van der Waals surface area contributed by atoms with Gasteiger partial charge < -0.3 is 4.74 Å². The van der Waals surface area contributed by atoms with Crippen LogP contribution in [0.4, 0.5) is 0 Å². The van der Waals surface area contributed by atoms with E-state index < -0.39 is 0 Å². The van der Waals surface area contributed by atoms with Crippen molar-refractivity contribution >= 4 is 27.6 Å². The Morgan fingerprint density at radius 3 is 3.00 bits per heavy atom. The van der Waals surface area contributed by atoms with Crippen LogP contribution in [-0.2, 0) is 13.1 Å². The van der Waals surface area contributed by atoms with E-state index in [0.29, 0.717) is 0 Å². The third kappa shape index (κ3) is 3.18. The van der Waals surface area contributed by atoms with Gasteiger partial charge in [0.05, 0.1) is 11.4 Å². The van der Waals surface area contributed by atoms with Gasteiger partial charge in [0.25, 0.3) is 0 Å². The lowest BCUT2D eigenvalue weighted by Crippen LogP contribution is -2.28. The van der Waals surface area contributed by atoms with E-state index in [4.69, 9.17) is 9.72 Å². The molecule has 3 aromatic heterocycles. The average molecular weight is 396 g/mol. The minimum absolute atomic E-state index is 0.0476. The summed E-state index contributed by atoms with van der Waals surface area (Å²) >= 11 is 3.41. The molecule has 0 saturated carbocycles. The van der Waals surface area contributed by atoms with Crippen molar-refractivity contribution < 1.29 is 4.74 Å². The maximum absolute atomic E-state index is 6.45. The third-order valence-electron chi connectivity index (χ3n) is 5.15. The number of thiophene rings is 1. The Kier molecular flexibility index (Phi) is 4.27. The predicted molar refractivity (Wildman–Crippen MR) is 111 cm³/mol. The van der Waals surface area contributed by atoms with Crippen LogP contribution < -0.4 is 4.74 Å². The maximum atomic E-state index is 6.45. The quantitative estimate of drug-likeness (QED) is 0.477. The van der Waals surface area contributed by atoms with Crippen LogP contribution in [0.1, 0.15) is 34.2 Å². The number of hydrogen-bond acceptors (Lipinski definition) is 5. The zero-order valence-electron chi connectivity index (χ0n) is 15.4. The number of nitrogens with zero attached hydrogens (tertiary/aromatic N) is 3. The van der Waals surface area contributed by atoms with Gasteiger partial charge in [0.15, 0.2) is 4.96 Å². The summed E-state index contributed by atoms with van der Waals surface area (Å²) in [5.41, 5.74) is 6.17. The van der Waals surface area contributed by atoms with E-state index in [1.165, 1.54) is 22.4 Å². The SMILES string of the molecule is Cc1ccc2c(c1)CN(Cc1c(C)nc3sccn13)CC(c1ccsc1)O2. The van der Waals surface area contributed by atoms with Crippen molar-refractivity contribution in [3.63, 3.8) is 0 Å². The molecule has 1 unspecified atom stereocenters. The summed E-state index contributed by atoms with van der Waals surface area (Å²) in [4.78, 5) is 8.27. The summed E-state index contributed by atoms with van der Waals surface area (Å²) in [6, 6.07) is 8.68. The molecule has 5 rings (SSSR count). The topological polar surface area (TPSA) is 29.8 Å². The first-order chi connectivity index (χ1) is 13.2. The Labute approximate surface area is 166 Å². The van der Waals surface area contributed by atoms with Crippen LogP contribution in [0.15, 0.2) is 46.6 Å². The lowest BCUT2D eigenvalue weighted by Gasteiger charge is -2.23. The zero-order valence-corrected chi connectivity index (χ0v) is 17.0. The van der Waals surface area contributed by atoms with Gasteiger partial charge in [-0.2, -0.15) is 11.3 Å². The fourth-order valence-electron chi connectivity index (χ4n) is 3.77. The third-order valence-corrected chi connectivity index (χ3v) is 6.61. The molecule has 1 aliphatic rings. The number of hydrogen-bond donors (Lipinski definition) is 0. The second-order valence-corrected chi connectivity index (χ2v) is 8.80. The van der Waals surface area contributed by atoms with Crippen molar-refractivity contribution in [2.24, 2.45) is 0 Å². The molecule has 0 fully saturated rings. The van der Waals surface area contributed by atoms with Crippen LogP contribution in [-0.4, -0.2) is 20.8 Å². The Morgan fingerprint density at radius 2 is 2.15 bits per heavy atom. The molecule has 1 aliphatic heterocycles. The number of aromatic nitrogens is 2. The smallest absolute Gasteiger partial charge is 0.194 e. The largest absolute Gasteiger partial charge is 0.484 e. The van der Waals surface area contributed by atoms with Crippen molar-refractivity contribution in [2.75, 3.05) is 6.54 Å². The van der Waals surface area contributed by atoms with Crippen molar-refractivity contribution in [1.29, 1.82) is 0 Å². The van der Waals surface area contributed by atoms with E-state index in [9.17, 15) is 0 Å². The zero-order chi connectivity index (χ0) is 18.4. The number of aryl methyl sites for hydroxylation is 2. The van der Waals surface area contributed by atoms with Gasteiger partial charge in [-0.3, -0.25) is 9.30 Å². The molecule has 1 atom stereocenters. The van der Waals surface area contributed by atoms with Crippen LogP contribution in [0, 0.1) is 13.8 Å². The number of thiazole rings is 1. The highest BCUT2D eigenvalue weighted by Gasteiger charge is 2.26. The Balaban J connectivity index is 1.52. The van der Waals surface area contributed by atoms with E-state index in [2.05, 4.69) is 69.8 Å². The first-order valence-corrected chi connectivity index (χ1v) is 10.9. The fourth-order valence-corrected chi connectivity index (χ4v) is 5.25. The van der Waals surface area contributed by atoms with Crippen molar-refractivity contribution in [2.45, 2.75) is 33.0 Å². The second kappa shape index (κ2) is 6.78. The van der Waals surface area contributed by atoms with Crippen LogP contribution in [0.25, 0.3) is 4.96 Å². The molecule has 0 aliphatic carbocycles. The first-order valence-electron chi connectivity index (χ1n) is 9.09. The summed E-state index contributed by atoms with van der Waals surface area (Å²) in [5.74, 6) is 1.00. The molecule has 27 heavy (non-hydrogen) atoms. The molecule has 6 heteroatoms. The maximum Gasteiger partial charge on any atom is 0.194 e. The number of rotatable bonds is 3. The number of fused-ring (bicyclic) bond motifs is 2. The molecule has 0 saturated heterocycles. The summed E-state index contributed by atoms with van der Waals surface area (Å²) in [5, 5.41) is 6.42. The molecule has 4 nitrogen and oxygen atoms in total. The summed E-state index contributed by atoms with van der Waals surface area (Å²) in [6.07, 6.45) is 2.17. The molecule has 0 N–H and O–H groups in total. The molecule has 0 spiro atoms. The molecule has 4 aromatic rings.